The largest absolute Gasteiger partial charge is 0.338 e. The van der Waals surface area contributed by atoms with Crippen molar-refractivity contribution in [2.45, 2.75) is 18.2 Å². The summed E-state index contributed by atoms with van der Waals surface area (Å²) in [5.74, 6) is 0. The molecule has 0 aromatic heterocycles. The SMILES string of the molecule is Cc1ccc(S(C)(=O)=O)cc1NC(=O)NCCc1ccccc1. The summed E-state index contributed by atoms with van der Waals surface area (Å²) in [6.07, 6.45) is 1.87. The molecule has 2 amide bonds. The summed E-state index contributed by atoms with van der Waals surface area (Å²) in [5, 5.41) is 5.46. The summed E-state index contributed by atoms with van der Waals surface area (Å²) in [6.45, 7) is 2.31. The highest BCUT2D eigenvalue weighted by atomic mass is 32.2. The molecule has 0 saturated carbocycles. The highest BCUT2D eigenvalue weighted by molar-refractivity contribution is 7.90. The Bertz CT molecular complexity index is 787. The van der Waals surface area contributed by atoms with Gasteiger partial charge in [-0.2, -0.15) is 0 Å². The monoisotopic (exact) mass is 332 g/mol. The number of carbonyl (C=O) groups excluding carboxylic acids is 1. The van der Waals surface area contributed by atoms with Crippen LogP contribution in [0.3, 0.4) is 0 Å². The average molecular weight is 332 g/mol. The number of sulfone groups is 1. The van der Waals surface area contributed by atoms with E-state index in [9.17, 15) is 13.2 Å². The first-order chi connectivity index (χ1) is 10.9. The lowest BCUT2D eigenvalue weighted by atomic mass is 10.1. The predicted octanol–water partition coefficient (Wildman–Crippen LogP) is 2.76. The Labute approximate surface area is 136 Å². The maximum atomic E-state index is 11.9. The molecule has 0 fully saturated rings. The molecule has 0 spiro atoms. The van der Waals surface area contributed by atoms with E-state index in [1.165, 1.54) is 12.1 Å². The van der Waals surface area contributed by atoms with Crippen molar-refractivity contribution in [2.75, 3.05) is 18.1 Å². The molecule has 0 bridgehead atoms. The van der Waals surface area contributed by atoms with Crippen molar-refractivity contribution in [2.24, 2.45) is 0 Å². The van der Waals surface area contributed by atoms with Crippen LogP contribution in [0.2, 0.25) is 0 Å². The lowest BCUT2D eigenvalue weighted by molar-refractivity contribution is 0.252. The minimum atomic E-state index is -3.30. The smallest absolute Gasteiger partial charge is 0.319 e. The van der Waals surface area contributed by atoms with Crippen LogP contribution in [0.4, 0.5) is 10.5 Å². The van der Waals surface area contributed by atoms with Gasteiger partial charge in [0.15, 0.2) is 9.84 Å². The first-order valence-electron chi connectivity index (χ1n) is 7.26. The zero-order valence-corrected chi connectivity index (χ0v) is 14.0. The molecule has 0 atom stereocenters. The number of nitrogens with one attached hydrogen (secondary N) is 2. The molecule has 0 heterocycles. The van der Waals surface area contributed by atoms with Crippen LogP contribution in [0.1, 0.15) is 11.1 Å². The van der Waals surface area contributed by atoms with Crippen LogP contribution in [0.5, 0.6) is 0 Å². The fourth-order valence-corrected chi connectivity index (χ4v) is 2.75. The van der Waals surface area contributed by atoms with E-state index >= 15 is 0 Å². The second-order valence-corrected chi connectivity index (χ2v) is 7.38. The number of carbonyl (C=O) groups is 1. The maximum absolute atomic E-state index is 11.9. The van der Waals surface area contributed by atoms with Gasteiger partial charge < -0.3 is 10.6 Å². The molecule has 0 aliphatic rings. The number of anilines is 1. The Balaban J connectivity index is 1.95. The van der Waals surface area contributed by atoms with Gasteiger partial charge >= 0.3 is 6.03 Å². The summed E-state index contributed by atoms with van der Waals surface area (Å²) < 4.78 is 23.2. The van der Waals surface area contributed by atoms with Gasteiger partial charge in [-0.3, -0.25) is 0 Å². The van der Waals surface area contributed by atoms with Crippen LogP contribution in [0, 0.1) is 6.92 Å². The summed E-state index contributed by atoms with van der Waals surface area (Å²) in [4.78, 5) is 12.1. The quantitative estimate of drug-likeness (QED) is 0.884. The summed E-state index contributed by atoms with van der Waals surface area (Å²) in [5.41, 5.74) is 2.43. The fourth-order valence-electron chi connectivity index (χ4n) is 2.10. The molecule has 6 heteroatoms. The number of amides is 2. The van der Waals surface area contributed by atoms with Gasteiger partial charge in [-0.1, -0.05) is 36.4 Å². The van der Waals surface area contributed by atoms with E-state index in [-0.39, 0.29) is 10.9 Å². The van der Waals surface area contributed by atoms with Gasteiger partial charge in [0.25, 0.3) is 0 Å². The van der Waals surface area contributed by atoms with Gasteiger partial charge in [-0.15, -0.1) is 0 Å². The molecular weight excluding hydrogens is 312 g/mol. The van der Waals surface area contributed by atoms with Gasteiger partial charge in [0.05, 0.1) is 4.90 Å². The standard InChI is InChI=1S/C17H20N2O3S/c1-13-8-9-15(23(2,21)22)12-16(13)19-17(20)18-11-10-14-6-4-3-5-7-14/h3-9,12H,10-11H2,1-2H3,(H2,18,19,20). The Morgan fingerprint density at radius 3 is 2.43 bits per heavy atom. The van der Waals surface area contributed by atoms with Crippen molar-refractivity contribution in [3.8, 4) is 0 Å². The number of hydrogen-bond acceptors (Lipinski definition) is 3. The van der Waals surface area contributed by atoms with E-state index < -0.39 is 9.84 Å². The van der Waals surface area contributed by atoms with Crippen LogP contribution >= 0.6 is 0 Å². The van der Waals surface area contributed by atoms with Crippen LogP contribution in [-0.2, 0) is 16.3 Å². The molecule has 2 aromatic carbocycles. The number of aryl methyl sites for hydroxylation is 1. The summed E-state index contributed by atoms with van der Waals surface area (Å²) >= 11 is 0. The molecule has 122 valence electrons. The lowest BCUT2D eigenvalue weighted by Gasteiger charge is -2.11. The number of benzene rings is 2. The van der Waals surface area contributed by atoms with E-state index in [0.29, 0.717) is 12.2 Å². The molecular formula is C17H20N2O3S. The normalized spacial score (nSPS) is 11.0. The third kappa shape index (κ3) is 5.10. The molecule has 2 aromatic rings. The van der Waals surface area contributed by atoms with Crippen molar-refractivity contribution in [1.82, 2.24) is 5.32 Å². The van der Waals surface area contributed by atoms with Gasteiger partial charge in [-0.05, 0) is 36.6 Å². The second kappa shape index (κ2) is 7.28. The number of hydrogen-bond donors (Lipinski definition) is 2. The van der Waals surface area contributed by atoms with Crippen LogP contribution in [0.15, 0.2) is 53.4 Å². The third-order valence-electron chi connectivity index (χ3n) is 3.43. The van der Waals surface area contributed by atoms with Gasteiger partial charge in [0.1, 0.15) is 0 Å². The van der Waals surface area contributed by atoms with Crippen LogP contribution in [0.25, 0.3) is 0 Å². The highest BCUT2D eigenvalue weighted by Crippen LogP contribution is 2.20. The molecule has 5 nitrogen and oxygen atoms in total. The van der Waals surface area contributed by atoms with Gasteiger partial charge in [-0.25, -0.2) is 13.2 Å². The number of rotatable bonds is 5. The van der Waals surface area contributed by atoms with Crippen LogP contribution in [-0.4, -0.2) is 27.2 Å². The van der Waals surface area contributed by atoms with E-state index in [2.05, 4.69) is 10.6 Å². The molecule has 0 aliphatic carbocycles. The minimum Gasteiger partial charge on any atom is -0.338 e. The predicted molar refractivity (Wildman–Crippen MR) is 91.5 cm³/mol. The van der Waals surface area contributed by atoms with Gasteiger partial charge in [0, 0.05) is 18.5 Å². The molecule has 0 radical (unpaired) electrons. The zero-order valence-electron chi connectivity index (χ0n) is 13.2. The zero-order chi connectivity index (χ0) is 16.9. The lowest BCUT2D eigenvalue weighted by Crippen LogP contribution is -2.30. The van der Waals surface area contributed by atoms with Gasteiger partial charge in [0.2, 0.25) is 0 Å². The first kappa shape index (κ1) is 17.0. The molecule has 0 aliphatic heterocycles. The Morgan fingerprint density at radius 1 is 1.09 bits per heavy atom. The Hall–Kier alpha value is -2.34. The van der Waals surface area contributed by atoms with Crippen molar-refractivity contribution >= 4 is 21.6 Å². The van der Waals surface area contributed by atoms with E-state index in [0.717, 1.165) is 23.8 Å². The first-order valence-corrected chi connectivity index (χ1v) is 9.15. The van der Waals surface area contributed by atoms with Crippen molar-refractivity contribution in [3.05, 3.63) is 59.7 Å². The topological polar surface area (TPSA) is 75.3 Å². The highest BCUT2D eigenvalue weighted by Gasteiger charge is 2.11. The summed E-state index contributed by atoms with van der Waals surface area (Å²) in [7, 11) is -3.30. The Kier molecular flexibility index (Phi) is 5.39. The molecule has 0 saturated heterocycles. The van der Waals surface area contributed by atoms with Crippen molar-refractivity contribution in [3.63, 3.8) is 0 Å². The van der Waals surface area contributed by atoms with Crippen molar-refractivity contribution in [1.29, 1.82) is 0 Å². The average Bonchev–Trinajstić information content (AvgIpc) is 2.49. The maximum Gasteiger partial charge on any atom is 0.319 e. The molecule has 2 N–H and O–H groups in total. The molecule has 23 heavy (non-hydrogen) atoms. The number of urea groups is 1. The van der Waals surface area contributed by atoms with Crippen molar-refractivity contribution < 1.29 is 13.2 Å². The molecule has 2 rings (SSSR count). The molecule has 0 unspecified atom stereocenters. The Morgan fingerprint density at radius 2 is 1.78 bits per heavy atom. The minimum absolute atomic E-state index is 0.183. The van der Waals surface area contributed by atoms with E-state index in [4.69, 9.17) is 0 Å². The fraction of sp³-hybridized carbons (Fsp3) is 0.235. The van der Waals surface area contributed by atoms with E-state index in [1.807, 2.05) is 37.3 Å². The van der Waals surface area contributed by atoms with Crippen LogP contribution < -0.4 is 10.6 Å². The van der Waals surface area contributed by atoms with E-state index in [1.54, 1.807) is 6.07 Å². The summed E-state index contributed by atoms with van der Waals surface area (Å²) in [6, 6.07) is 14.2. The second-order valence-electron chi connectivity index (χ2n) is 5.37. The third-order valence-corrected chi connectivity index (χ3v) is 4.54.